The van der Waals surface area contributed by atoms with Crippen molar-refractivity contribution in [1.29, 1.82) is 5.41 Å². The number of nitrogens with one attached hydrogen (secondary N) is 1. The number of nitrogens with two attached hydrogens (primary N) is 1. The molecular weight excluding hydrogens is 534 g/mol. The summed E-state index contributed by atoms with van der Waals surface area (Å²) in [5.41, 5.74) is 8.10. The second-order valence-corrected chi connectivity index (χ2v) is 15.4. The van der Waals surface area contributed by atoms with Gasteiger partial charge in [-0.15, -0.1) is 0 Å². The SMILES string of the molecule is CC(C)[C@@H]1CN=C(N)N1C[C@@H]1CCCN1[C@@H](Cc1ccccc1)N1C[C@@H]([C@@H](C)O)N(CC2CCC(C(C)(C)C)CC2)C1=N. The number of guanidine groups is 2. The van der Waals surface area contributed by atoms with Crippen LogP contribution in [0.4, 0.5) is 0 Å². The third-order valence-electron chi connectivity index (χ3n) is 11.1. The van der Waals surface area contributed by atoms with Gasteiger partial charge in [0.2, 0.25) is 0 Å². The molecule has 0 bridgehead atoms. The van der Waals surface area contributed by atoms with Crippen molar-refractivity contribution in [3.63, 3.8) is 0 Å². The van der Waals surface area contributed by atoms with Crippen LogP contribution in [0.5, 0.6) is 0 Å². The van der Waals surface area contributed by atoms with Gasteiger partial charge in [-0.3, -0.25) is 15.3 Å². The number of aliphatic hydroxyl groups excluding tert-OH is 1. The maximum atomic E-state index is 11.0. The highest BCUT2D eigenvalue weighted by atomic mass is 16.3. The van der Waals surface area contributed by atoms with E-state index in [1.165, 1.54) is 31.2 Å². The van der Waals surface area contributed by atoms with E-state index in [1.807, 2.05) is 6.92 Å². The Bertz CT molecular complexity index is 1090. The van der Waals surface area contributed by atoms with Crippen LogP contribution < -0.4 is 5.73 Å². The molecule has 1 aromatic carbocycles. The second kappa shape index (κ2) is 13.4. The number of aliphatic hydroxyl groups is 1. The van der Waals surface area contributed by atoms with Crippen molar-refractivity contribution in [2.24, 2.45) is 33.9 Å². The third-order valence-corrected chi connectivity index (χ3v) is 11.1. The van der Waals surface area contributed by atoms with Gasteiger partial charge >= 0.3 is 0 Å². The minimum absolute atomic E-state index is 0.0566. The van der Waals surface area contributed by atoms with Crippen molar-refractivity contribution in [2.45, 2.75) is 117 Å². The first-order chi connectivity index (χ1) is 20.4. The molecular formula is C35H59N7O. The van der Waals surface area contributed by atoms with Gasteiger partial charge in [0.1, 0.15) is 0 Å². The van der Waals surface area contributed by atoms with Crippen molar-refractivity contribution in [3.05, 3.63) is 35.9 Å². The Morgan fingerprint density at radius 1 is 0.977 bits per heavy atom. The molecule has 5 atom stereocenters. The molecule has 8 nitrogen and oxygen atoms in total. The molecule has 3 fully saturated rings. The summed E-state index contributed by atoms with van der Waals surface area (Å²) in [5.74, 6) is 3.12. The number of nitrogens with zero attached hydrogens (tertiary/aromatic N) is 5. The quantitative estimate of drug-likeness (QED) is 0.360. The van der Waals surface area contributed by atoms with Crippen molar-refractivity contribution in [3.8, 4) is 0 Å². The van der Waals surface area contributed by atoms with Crippen molar-refractivity contribution in [1.82, 2.24) is 19.6 Å². The van der Waals surface area contributed by atoms with Crippen LogP contribution >= 0.6 is 0 Å². The van der Waals surface area contributed by atoms with Crippen LogP contribution in [0, 0.1) is 28.6 Å². The molecule has 5 rings (SSSR count). The average Bonchev–Trinajstić information content (AvgIpc) is 3.66. The van der Waals surface area contributed by atoms with Gasteiger partial charge in [0.05, 0.1) is 30.9 Å². The number of likely N-dealkylation sites (tertiary alicyclic amines) is 1. The van der Waals surface area contributed by atoms with E-state index in [4.69, 9.17) is 5.73 Å². The highest BCUT2D eigenvalue weighted by Crippen LogP contribution is 2.41. The molecule has 1 aliphatic carbocycles. The summed E-state index contributed by atoms with van der Waals surface area (Å²) in [6.07, 6.45) is 7.67. The monoisotopic (exact) mass is 593 g/mol. The predicted molar refractivity (Wildman–Crippen MR) is 177 cm³/mol. The van der Waals surface area contributed by atoms with E-state index in [0.717, 1.165) is 51.4 Å². The van der Waals surface area contributed by atoms with Crippen molar-refractivity contribution in [2.75, 3.05) is 32.7 Å². The Morgan fingerprint density at radius 3 is 2.30 bits per heavy atom. The number of benzene rings is 1. The van der Waals surface area contributed by atoms with Gasteiger partial charge in [0.25, 0.3) is 0 Å². The first-order valence-corrected chi connectivity index (χ1v) is 17.1. The van der Waals surface area contributed by atoms with E-state index in [2.05, 4.69) is 89.5 Å². The molecule has 240 valence electrons. The van der Waals surface area contributed by atoms with Gasteiger partial charge in [0, 0.05) is 38.6 Å². The zero-order chi connectivity index (χ0) is 30.9. The molecule has 0 aromatic heterocycles. The molecule has 1 saturated carbocycles. The van der Waals surface area contributed by atoms with Gasteiger partial charge in [-0.2, -0.15) is 0 Å². The largest absolute Gasteiger partial charge is 0.391 e. The summed E-state index contributed by atoms with van der Waals surface area (Å²) in [5, 5.41) is 20.6. The molecule has 2 saturated heterocycles. The smallest absolute Gasteiger partial charge is 0.195 e. The minimum atomic E-state index is -0.490. The fraction of sp³-hybridized carbons (Fsp3) is 0.771. The highest BCUT2D eigenvalue weighted by Gasteiger charge is 2.45. The molecule has 1 aromatic rings. The number of hydrogen-bond acceptors (Lipinski definition) is 6. The lowest BCUT2D eigenvalue weighted by atomic mass is 9.70. The Morgan fingerprint density at radius 2 is 1.67 bits per heavy atom. The lowest BCUT2D eigenvalue weighted by Gasteiger charge is -2.42. The first kappa shape index (κ1) is 32.1. The number of aliphatic imine (C=N–C) groups is 1. The Balaban J connectivity index is 1.36. The summed E-state index contributed by atoms with van der Waals surface area (Å²) in [6, 6.07) is 11.4. The summed E-state index contributed by atoms with van der Waals surface area (Å²) >= 11 is 0. The standard InChI is InChI=1S/C35H59N7O/c1-24(2)30-20-38-33(36)40(30)22-29-13-10-18-39(29)32(19-26-11-8-7-9-12-26)42-23-31(25(3)43)41(34(42)37)21-27-14-16-28(17-15-27)35(4,5)6/h7-9,11-12,24-25,27-32,37,43H,10,13-23H2,1-6H3,(H2,36,38)/t25-,27?,28?,29+,30+,31+,32-/m1/s1. The molecule has 0 amide bonds. The van der Waals surface area contributed by atoms with E-state index >= 15 is 0 Å². The van der Waals surface area contributed by atoms with Crippen LogP contribution in [-0.4, -0.2) is 99.7 Å². The number of rotatable bonds is 10. The van der Waals surface area contributed by atoms with E-state index in [9.17, 15) is 10.5 Å². The lowest BCUT2D eigenvalue weighted by molar-refractivity contribution is 0.0583. The lowest BCUT2D eigenvalue weighted by Crippen LogP contribution is -2.57. The first-order valence-electron chi connectivity index (χ1n) is 17.1. The van der Waals surface area contributed by atoms with Gasteiger partial charge in [-0.25, -0.2) is 0 Å². The Kier molecular flexibility index (Phi) is 9.96. The van der Waals surface area contributed by atoms with Crippen LogP contribution in [0.3, 0.4) is 0 Å². The molecule has 3 heterocycles. The van der Waals surface area contributed by atoms with Crippen molar-refractivity contribution >= 4 is 11.9 Å². The Labute approximate surface area is 261 Å². The topological polar surface area (TPSA) is 95.4 Å². The summed E-state index contributed by atoms with van der Waals surface area (Å²) in [7, 11) is 0. The molecule has 4 N–H and O–H groups in total. The fourth-order valence-corrected chi connectivity index (χ4v) is 8.35. The van der Waals surface area contributed by atoms with Gasteiger partial charge in [0.15, 0.2) is 11.9 Å². The molecule has 0 spiro atoms. The van der Waals surface area contributed by atoms with E-state index in [1.54, 1.807) is 0 Å². The van der Waals surface area contributed by atoms with Gasteiger partial charge < -0.3 is 25.5 Å². The van der Waals surface area contributed by atoms with E-state index in [-0.39, 0.29) is 12.2 Å². The van der Waals surface area contributed by atoms with Crippen LogP contribution in [-0.2, 0) is 6.42 Å². The minimum Gasteiger partial charge on any atom is -0.391 e. The van der Waals surface area contributed by atoms with Crippen LogP contribution in [0.1, 0.15) is 85.6 Å². The zero-order valence-electron chi connectivity index (χ0n) is 27.8. The predicted octanol–water partition coefficient (Wildman–Crippen LogP) is 4.83. The van der Waals surface area contributed by atoms with Crippen LogP contribution in [0.15, 0.2) is 35.3 Å². The average molecular weight is 594 g/mol. The molecule has 8 heteroatoms. The van der Waals surface area contributed by atoms with Crippen LogP contribution in [0.25, 0.3) is 0 Å². The maximum absolute atomic E-state index is 11.0. The van der Waals surface area contributed by atoms with E-state index < -0.39 is 6.10 Å². The molecule has 0 unspecified atom stereocenters. The van der Waals surface area contributed by atoms with Gasteiger partial charge in [-0.1, -0.05) is 65.0 Å². The maximum Gasteiger partial charge on any atom is 0.195 e. The molecule has 43 heavy (non-hydrogen) atoms. The zero-order valence-corrected chi connectivity index (χ0v) is 27.8. The third kappa shape index (κ3) is 7.16. The molecule has 4 aliphatic rings. The second-order valence-electron chi connectivity index (χ2n) is 15.4. The Hall–Kier alpha value is -2.32. The highest BCUT2D eigenvalue weighted by molar-refractivity contribution is 5.81. The summed E-state index contributed by atoms with van der Waals surface area (Å²) in [4.78, 5) is 14.2. The van der Waals surface area contributed by atoms with E-state index in [0.29, 0.717) is 47.8 Å². The number of hydrogen-bond donors (Lipinski definition) is 3. The molecule has 0 radical (unpaired) electrons. The van der Waals surface area contributed by atoms with Crippen molar-refractivity contribution < 1.29 is 5.11 Å². The fourth-order valence-electron chi connectivity index (χ4n) is 8.35. The normalized spacial score (nSPS) is 30.4. The summed E-state index contributed by atoms with van der Waals surface area (Å²) < 4.78 is 0. The van der Waals surface area contributed by atoms with Gasteiger partial charge in [-0.05, 0) is 74.2 Å². The molecule has 3 aliphatic heterocycles. The van der Waals surface area contributed by atoms with Crippen LogP contribution in [0.2, 0.25) is 0 Å². The summed E-state index contributed by atoms with van der Waals surface area (Å²) in [6.45, 7) is 17.8.